The summed E-state index contributed by atoms with van der Waals surface area (Å²) in [6.45, 7) is -0.450. The third kappa shape index (κ3) is 6.51. The maximum Gasteiger partial charge on any atom is 0.471 e. The average Bonchev–Trinajstić information content (AvgIpc) is 3.28. The Bertz CT molecular complexity index is 1300. The van der Waals surface area contributed by atoms with Gasteiger partial charge in [-0.2, -0.15) is 0 Å². The summed E-state index contributed by atoms with van der Waals surface area (Å²) in [6, 6.07) is 6.64. The molecule has 3 aromatic heterocycles. The van der Waals surface area contributed by atoms with E-state index >= 15 is 0 Å². The highest BCUT2D eigenvalue weighted by Gasteiger charge is 2.25. The Morgan fingerprint density at radius 3 is 2.86 bits per heavy atom. The van der Waals surface area contributed by atoms with Crippen LogP contribution < -0.4 is 10.5 Å². The van der Waals surface area contributed by atoms with Crippen LogP contribution in [0.2, 0.25) is 5.15 Å². The second kappa shape index (κ2) is 10.6. The molecule has 3 aromatic rings. The molecule has 0 spiro atoms. The number of aromatic nitrogens is 3. The van der Waals surface area contributed by atoms with E-state index in [1.165, 1.54) is 17.2 Å². The minimum absolute atomic E-state index is 0.0485. The van der Waals surface area contributed by atoms with Crippen molar-refractivity contribution in [2.45, 2.75) is 19.2 Å². The molecule has 0 saturated carbocycles. The molecule has 0 radical (unpaired) electrons. The minimum atomic E-state index is -4.64. The fourth-order valence-electron chi connectivity index (χ4n) is 3.18. The van der Waals surface area contributed by atoms with Crippen LogP contribution in [0.5, 0.6) is 5.88 Å². The zero-order chi connectivity index (χ0) is 25.0. The number of halogens is 2. The standard InChI is InChI=1S/C21H20ClFN5O6P/c22-20-19(23)14(5-6-25-20)11-32-18-4-3-13(10-26-18)8-15-9-17(34-27-15)16-2-1-7-28(21(16)24)12-33-35(29,30)31/h1-7,9-10,21H,8,11-12,24H2,(H2,29,30,31). The Morgan fingerprint density at radius 1 is 1.29 bits per heavy atom. The first-order valence-corrected chi connectivity index (χ1v) is 12.0. The lowest BCUT2D eigenvalue weighted by atomic mass is 10.1. The lowest BCUT2D eigenvalue weighted by Crippen LogP contribution is -2.41. The van der Waals surface area contributed by atoms with Gasteiger partial charge in [-0.25, -0.2) is 18.9 Å². The molecule has 11 nitrogen and oxygen atoms in total. The molecule has 0 bridgehead atoms. The summed E-state index contributed by atoms with van der Waals surface area (Å²) in [5.41, 5.74) is 8.45. The van der Waals surface area contributed by atoms with E-state index < -0.39 is 26.5 Å². The van der Waals surface area contributed by atoms with Gasteiger partial charge >= 0.3 is 7.82 Å². The summed E-state index contributed by atoms with van der Waals surface area (Å²) >= 11 is 5.67. The van der Waals surface area contributed by atoms with E-state index in [9.17, 15) is 8.96 Å². The van der Waals surface area contributed by atoms with Gasteiger partial charge in [-0.1, -0.05) is 28.9 Å². The van der Waals surface area contributed by atoms with Crippen molar-refractivity contribution in [3.8, 4) is 5.88 Å². The molecule has 4 rings (SSSR count). The summed E-state index contributed by atoms with van der Waals surface area (Å²) in [7, 11) is -4.64. The molecule has 4 heterocycles. The smallest absolute Gasteiger partial charge is 0.471 e. The zero-order valence-corrected chi connectivity index (χ0v) is 19.6. The lowest BCUT2D eigenvalue weighted by Gasteiger charge is -2.30. The molecule has 14 heteroatoms. The maximum absolute atomic E-state index is 13.9. The number of hydrogen-bond donors (Lipinski definition) is 3. The van der Waals surface area contributed by atoms with Crippen molar-refractivity contribution in [1.29, 1.82) is 0 Å². The van der Waals surface area contributed by atoms with Crippen molar-refractivity contribution in [3.05, 3.63) is 88.6 Å². The number of rotatable bonds is 9. The number of nitrogens with two attached hydrogens (primary N) is 1. The first-order chi connectivity index (χ1) is 16.7. The molecule has 0 fully saturated rings. The molecular weight excluding hydrogens is 504 g/mol. The predicted molar refractivity (Wildman–Crippen MR) is 122 cm³/mol. The van der Waals surface area contributed by atoms with Crippen LogP contribution in [0, 0.1) is 5.82 Å². The van der Waals surface area contributed by atoms with Gasteiger partial charge in [0.1, 0.15) is 19.5 Å². The first-order valence-electron chi connectivity index (χ1n) is 10.1. The van der Waals surface area contributed by atoms with Gasteiger partial charge in [-0.3, -0.25) is 4.52 Å². The molecule has 1 atom stereocenters. The van der Waals surface area contributed by atoms with Crippen LogP contribution in [-0.2, 0) is 22.1 Å². The van der Waals surface area contributed by atoms with Crippen LogP contribution in [0.15, 0.2) is 59.5 Å². The van der Waals surface area contributed by atoms with Crippen LogP contribution in [0.1, 0.15) is 22.6 Å². The van der Waals surface area contributed by atoms with Crippen LogP contribution in [-0.4, -0.2) is 42.7 Å². The molecule has 35 heavy (non-hydrogen) atoms. The Balaban J connectivity index is 1.35. The zero-order valence-electron chi connectivity index (χ0n) is 18.0. The predicted octanol–water partition coefficient (Wildman–Crippen LogP) is 2.99. The number of ether oxygens (including phenoxy) is 1. The summed E-state index contributed by atoms with van der Waals surface area (Å²) in [5.74, 6) is 0.0852. The quantitative estimate of drug-likeness (QED) is 0.280. The third-order valence-electron chi connectivity index (χ3n) is 4.93. The normalized spacial score (nSPS) is 15.9. The van der Waals surface area contributed by atoms with Crippen molar-refractivity contribution in [3.63, 3.8) is 0 Å². The fraction of sp³-hybridized carbons (Fsp3) is 0.190. The fourth-order valence-corrected chi connectivity index (χ4v) is 3.64. The van der Waals surface area contributed by atoms with Gasteiger partial charge in [0, 0.05) is 48.3 Å². The van der Waals surface area contributed by atoms with E-state index in [0.717, 1.165) is 5.56 Å². The molecular formula is C21H20ClFN5O6P. The first kappa shape index (κ1) is 25.0. The van der Waals surface area contributed by atoms with E-state index in [1.54, 1.807) is 42.7 Å². The maximum atomic E-state index is 13.9. The van der Waals surface area contributed by atoms with E-state index in [1.807, 2.05) is 0 Å². The van der Waals surface area contributed by atoms with Crippen LogP contribution in [0.4, 0.5) is 4.39 Å². The number of hydrogen-bond acceptors (Lipinski definition) is 9. The van der Waals surface area contributed by atoms with Crippen molar-refractivity contribution in [2.75, 3.05) is 6.73 Å². The van der Waals surface area contributed by atoms with Gasteiger partial charge in [-0.15, -0.1) is 0 Å². The second-order valence-electron chi connectivity index (χ2n) is 7.40. The molecule has 1 aliphatic rings. The largest absolute Gasteiger partial charge is 0.473 e. The Labute approximate surface area is 203 Å². The number of pyridine rings is 2. The number of allylic oxidation sites excluding steroid dienone is 2. The van der Waals surface area contributed by atoms with Gasteiger partial charge in [-0.05, 0) is 17.7 Å². The topological polar surface area (TPSA) is 157 Å². The highest BCUT2D eigenvalue weighted by atomic mass is 35.5. The van der Waals surface area contributed by atoms with Gasteiger partial charge in [0.05, 0.1) is 5.69 Å². The Morgan fingerprint density at radius 2 is 2.11 bits per heavy atom. The number of phosphoric ester groups is 1. The summed E-state index contributed by atoms with van der Waals surface area (Å²) in [4.78, 5) is 27.1. The van der Waals surface area contributed by atoms with E-state index in [0.29, 0.717) is 29.3 Å². The van der Waals surface area contributed by atoms with Crippen LogP contribution in [0.25, 0.3) is 5.57 Å². The van der Waals surface area contributed by atoms with Gasteiger partial charge in [0.15, 0.2) is 16.7 Å². The number of nitrogens with zero attached hydrogens (tertiary/aromatic N) is 4. The third-order valence-corrected chi connectivity index (χ3v) is 5.65. The Kier molecular flexibility index (Phi) is 7.60. The van der Waals surface area contributed by atoms with Crippen LogP contribution >= 0.6 is 19.4 Å². The van der Waals surface area contributed by atoms with Crippen molar-refractivity contribution < 1.29 is 32.5 Å². The monoisotopic (exact) mass is 523 g/mol. The minimum Gasteiger partial charge on any atom is -0.473 e. The van der Waals surface area contributed by atoms with E-state index in [-0.39, 0.29) is 17.3 Å². The molecule has 1 aliphatic heterocycles. The van der Waals surface area contributed by atoms with Gasteiger partial charge in [0.2, 0.25) is 5.88 Å². The molecule has 0 aliphatic carbocycles. The Hall–Kier alpha value is -3.12. The average molecular weight is 524 g/mol. The summed E-state index contributed by atoms with van der Waals surface area (Å²) in [6.07, 6.45) is 7.57. The van der Waals surface area contributed by atoms with Gasteiger partial charge in [0.25, 0.3) is 0 Å². The van der Waals surface area contributed by atoms with Crippen molar-refractivity contribution >= 4 is 25.0 Å². The van der Waals surface area contributed by atoms with E-state index in [2.05, 4.69) is 19.6 Å². The van der Waals surface area contributed by atoms with Crippen molar-refractivity contribution in [1.82, 2.24) is 20.0 Å². The number of phosphoric acid groups is 1. The SMILES string of the molecule is NC1C(c2cc(Cc3ccc(OCc4ccnc(Cl)c4F)nc3)no2)=CC=CN1COP(=O)(O)O. The summed E-state index contributed by atoms with van der Waals surface area (Å²) < 4.78 is 40.3. The van der Waals surface area contributed by atoms with E-state index in [4.69, 9.17) is 36.4 Å². The van der Waals surface area contributed by atoms with Gasteiger partial charge < -0.3 is 29.7 Å². The van der Waals surface area contributed by atoms with Crippen molar-refractivity contribution in [2.24, 2.45) is 5.73 Å². The summed E-state index contributed by atoms with van der Waals surface area (Å²) in [5, 5.41) is 3.84. The lowest BCUT2D eigenvalue weighted by molar-refractivity contribution is 0.110. The molecule has 1 unspecified atom stereocenters. The highest BCUT2D eigenvalue weighted by Crippen LogP contribution is 2.36. The molecule has 4 N–H and O–H groups in total. The molecule has 0 aromatic carbocycles. The van der Waals surface area contributed by atoms with Crippen LogP contribution in [0.3, 0.4) is 0 Å². The molecule has 0 amide bonds. The second-order valence-corrected chi connectivity index (χ2v) is 9.00. The highest BCUT2D eigenvalue weighted by molar-refractivity contribution is 7.46. The molecule has 184 valence electrons. The molecule has 0 saturated heterocycles.